The van der Waals surface area contributed by atoms with Crippen LogP contribution in [0, 0.1) is 11.8 Å². The molecule has 5 nitrogen and oxygen atoms in total. The van der Waals surface area contributed by atoms with Crippen molar-refractivity contribution in [2.45, 2.75) is 26.2 Å². The summed E-state index contributed by atoms with van der Waals surface area (Å²) in [6, 6.07) is 0. The normalized spacial score (nSPS) is 27.1. The van der Waals surface area contributed by atoms with Gasteiger partial charge < -0.3 is 20.3 Å². The van der Waals surface area contributed by atoms with Gasteiger partial charge in [-0.3, -0.25) is 4.79 Å². The highest BCUT2D eigenvalue weighted by atomic mass is 16.5. The Hall–Kier alpha value is -0.650. The zero-order valence-electron chi connectivity index (χ0n) is 12.7. The Morgan fingerprint density at radius 2 is 2.15 bits per heavy atom. The summed E-state index contributed by atoms with van der Waals surface area (Å²) in [6.45, 7) is 9.20. The number of carbonyl (C=O) groups excluding carboxylic acids is 1. The predicted molar refractivity (Wildman–Crippen MR) is 79.4 cm³/mol. The zero-order chi connectivity index (χ0) is 14.4. The van der Waals surface area contributed by atoms with Crippen LogP contribution in [0.4, 0.5) is 0 Å². The van der Waals surface area contributed by atoms with Gasteiger partial charge in [-0.1, -0.05) is 6.92 Å². The molecule has 2 aliphatic heterocycles. The third-order valence-electron chi connectivity index (χ3n) is 4.38. The lowest BCUT2D eigenvalue weighted by Gasteiger charge is -2.28. The van der Waals surface area contributed by atoms with E-state index >= 15 is 0 Å². The molecule has 2 saturated heterocycles. The van der Waals surface area contributed by atoms with Crippen LogP contribution in [0.25, 0.3) is 0 Å². The van der Waals surface area contributed by atoms with E-state index in [1.165, 1.54) is 0 Å². The number of nitrogens with two attached hydrogens (primary N) is 1. The number of ether oxygens (including phenoxy) is 1. The maximum Gasteiger partial charge on any atom is 0.228 e. The second-order valence-corrected chi connectivity index (χ2v) is 6.23. The SMILES string of the molecule is CC(CN)CN1CCCN(C(=O)C2CCCOC2)CC1. The molecular weight excluding hydrogens is 254 g/mol. The highest BCUT2D eigenvalue weighted by Crippen LogP contribution is 2.17. The van der Waals surface area contributed by atoms with Crippen LogP contribution >= 0.6 is 0 Å². The molecule has 2 aliphatic rings. The van der Waals surface area contributed by atoms with E-state index in [4.69, 9.17) is 10.5 Å². The Labute approximate surface area is 122 Å². The number of rotatable bonds is 4. The van der Waals surface area contributed by atoms with Gasteiger partial charge in [-0.05, 0) is 38.3 Å². The highest BCUT2D eigenvalue weighted by molar-refractivity contribution is 5.79. The summed E-state index contributed by atoms with van der Waals surface area (Å²) in [5.41, 5.74) is 5.70. The summed E-state index contributed by atoms with van der Waals surface area (Å²) in [7, 11) is 0. The fourth-order valence-corrected chi connectivity index (χ4v) is 3.08. The lowest BCUT2D eigenvalue weighted by molar-refractivity contribution is -0.139. The van der Waals surface area contributed by atoms with E-state index in [9.17, 15) is 4.79 Å². The molecule has 2 rings (SSSR count). The molecule has 0 aromatic heterocycles. The smallest absolute Gasteiger partial charge is 0.228 e. The molecule has 0 bridgehead atoms. The molecule has 20 heavy (non-hydrogen) atoms. The van der Waals surface area contributed by atoms with E-state index in [-0.39, 0.29) is 5.92 Å². The van der Waals surface area contributed by atoms with Crippen LogP contribution in [0.15, 0.2) is 0 Å². The van der Waals surface area contributed by atoms with Gasteiger partial charge in [-0.15, -0.1) is 0 Å². The van der Waals surface area contributed by atoms with Gasteiger partial charge in [-0.2, -0.15) is 0 Å². The summed E-state index contributed by atoms with van der Waals surface area (Å²) >= 11 is 0. The first-order valence-corrected chi connectivity index (χ1v) is 7.99. The van der Waals surface area contributed by atoms with Gasteiger partial charge in [0.1, 0.15) is 0 Å². The summed E-state index contributed by atoms with van der Waals surface area (Å²) in [4.78, 5) is 17.0. The lowest BCUT2D eigenvalue weighted by atomic mass is 10.0. The van der Waals surface area contributed by atoms with Crippen molar-refractivity contribution in [1.82, 2.24) is 9.80 Å². The molecule has 2 fully saturated rings. The molecule has 0 aliphatic carbocycles. The van der Waals surface area contributed by atoms with Gasteiger partial charge in [0.15, 0.2) is 0 Å². The molecule has 1 amide bonds. The minimum absolute atomic E-state index is 0.0956. The van der Waals surface area contributed by atoms with E-state index in [0.29, 0.717) is 18.4 Å². The Kier molecular flexibility index (Phi) is 6.26. The van der Waals surface area contributed by atoms with Crippen LogP contribution in [0.1, 0.15) is 26.2 Å². The van der Waals surface area contributed by atoms with Crippen LogP contribution in [0.3, 0.4) is 0 Å². The molecule has 0 spiro atoms. The zero-order valence-corrected chi connectivity index (χ0v) is 12.7. The summed E-state index contributed by atoms with van der Waals surface area (Å²) in [6.07, 6.45) is 3.07. The van der Waals surface area contributed by atoms with Gasteiger partial charge >= 0.3 is 0 Å². The van der Waals surface area contributed by atoms with Crippen molar-refractivity contribution >= 4 is 5.91 Å². The van der Waals surface area contributed by atoms with Gasteiger partial charge in [0, 0.05) is 32.8 Å². The largest absolute Gasteiger partial charge is 0.381 e. The molecular formula is C15H29N3O2. The van der Waals surface area contributed by atoms with Gasteiger partial charge in [0.25, 0.3) is 0 Å². The molecule has 0 aromatic rings. The molecule has 2 unspecified atom stereocenters. The third-order valence-corrected chi connectivity index (χ3v) is 4.38. The van der Waals surface area contributed by atoms with Crippen LogP contribution in [-0.4, -0.2) is 68.2 Å². The van der Waals surface area contributed by atoms with Crippen molar-refractivity contribution in [1.29, 1.82) is 0 Å². The molecule has 5 heteroatoms. The molecule has 2 heterocycles. The van der Waals surface area contributed by atoms with E-state index < -0.39 is 0 Å². The lowest BCUT2D eigenvalue weighted by Crippen LogP contribution is -2.42. The van der Waals surface area contributed by atoms with E-state index in [1.807, 2.05) is 4.90 Å². The number of hydrogen-bond acceptors (Lipinski definition) is 4. The summed E-state index contributed by atoms with van der Waals surface area (Å²) in [5, 5.41) is 0. The van der Waals surface area contributed by atoms with Gasteiger partial charge in [-0.25, -0.2) is 0 Å². The average Bonchev–Trinajstić information content (AvgIpc) is 2.73. The number of amides is 1. The minimum atomic E-state index is 0.0956. The highest BCUT2D eigenvalue weighted by Gasteiger charge is 2.28. The Morgan fingerprint density at radius 1 is 1.30 bits per heavy atom. The van der Waals surface area contributed by atoms with Crippen molar-refractivity contribution in [3.63, 3.8) is 0 Å². The Bertz CT molecular complexity index is 305. The topological polar surface area (TPSA) is 58.8 Å². The first kappa shape index (κ1) is 15.7. The number of hydrogen-bond donors (Lipinski definition) is 1. The van der Waals surface area contributed by atoms with Crippen LogP contribution in [0.2, 0.25) is 0 Å². The molecule has 0 saturated carbocycles. The fourth-order valence-electron chi connectivity index (χ4n) is 3.08. The molecule has 0 radical (unpaired) electrons. The van der Waals surface area contributed by atoms with Crippen molar-refractivity contribution in [3.8, 4) is 0 Å². The second kappa shape index (κ2) is 7.96. The Morgan fingerprint density at radius 3 is 2.85 bits per heavy atom. The van der Waals surface area contributed by atoms with Crippen molar-refractivity contribution in [3.05, 3.63) is 0 Å². The summed E-state index contributed by atoms with van der Waals surface area (Å²) in [5.74, 6) is 0.931. The Balaban J connectivity index is 1.80. The predicted octanol–water partition coefficient (Wildman–Crippen LogP) is 0.542. The van der Waals surface area contributed by atoms with E-state index in [1.54, 1.807) is 0 Å². The maximum atomic E-state index is 12.5. The van der Waals surface area contributed by atoms with Crippen molar-refractivity contribution < 1.29 is 9.53 Å². The number of nitrogens with zero attached hydrogens (tertiary/aromatic N) is 2. The van der Waals surface area contributed by atoms with Crippen LogP contribution in [0.5, 0.6) is 0 Å². The standard InChI is InChI=1S/C15H29N3O2/c1-13(10-16)11-17-5-3-6-18(8-7-17)15(19)14-4-2-9-20-12-14/h13-14H,2-12,16H2,1H3. The third kappa shape index (κ3) is 4.43. The second-order valence-electron chi connectivity index (χ2n) is 6.23. The van der Waals surface area contributed by atoms with Crippen molar-refractivity contribution in [2.75, 3.05) is 52.5 Å². The monoisotopic (exact) mass is 283 g/mol. The van der Waals surface area contributed by atoms with Crippen molar-refractivity contribution in [2.24, 2.45) is 17.6 Å². The van der Waals surface area contributed by atoms with Gasteiger partial charge in [0.05, 0.1) is 12.5 Å². The molecule has 116 valence electrons. The van der Waals surface area contributed by atoms with Crippen LogP contribution < -0.4 is 5.73 Å². The van der Waals surface area contributed by atoms with Gasteiger partial charge in [0.2, 0.25) is 5.91 Å². The molecule has 2 N–H and O–H groups in total. The number of carbonyl (C=O) groups is 1. The maximum absolute atomic E-state index is 12.5. The summed E-state index contributed by atoms with van der Waals surface area (Å²) < 4.78 is 5.44. The quantitative estimate of drug-likeness (QED) is 0.818. The molecule has 2 atom stereocenters. The average molecular weight is 283 g/mol. The minimum Gasteiger partial charge on any atom is -0.381 e. The first-order chi connectivity index (χ1) is 9.70. The first-order valence-electron chi connectivity index (χ1n) is 7.99. The van der Waals surface area contributed by atoms with E-state index in [0.717, 1.165) is 65.1 Å². The van der Waals surface area contributed by atoms with E-state index in [2.05, 4.69) is 11.8 Å². The molecule has 0 aromatic carbocycles. The van der Waals surface area contributed by atoms with Crippen LogP contribution in [-0.2, 0) is 9.53 Å². The fraction of sp³-hybridized carbons (Fsp3) is 0.933.